The lowest BCUT2D eigenvalue weighted by Crippen LogP contribution is -2.48. The van der Waals surface area contributed by atoms with Crippen LogP contribution < -0.4 is 5.32 Å². The lowest BCUT2D eigenvalue weighted by molar-refractivity contribution is -0.117. The van der Waals surface area contributed by atoms with Crippen molar-refractivity contribution in [2.24, 2.45) is 11.8 Å². The molecule has 2 unspecified atom stereocenters. The maximum atomic E-state index is 13.0. The van der Waals surface area contributed by atoms with Crippen molar-refractivity contribution in [3.05, 3.63) is 65.5 Å². The molecule has 2 heterocycles. The Morgan fingerprint density at radius 1 is 1.09 bits per heavy atom. The third-order valence-corrected chi connectivity index (χ3v) is 6.62. The summed E-state index contributed by atoms with van der Waals surface area (Å²) in [6.07, 6.45) is 0.936. The van der Waals surface area contributed by atoms with Crippen LogP contribution in [0.3, 0.4) is 0 Å². The number of amides is 2. The van der Waals surface area contributed by atoms with Gasteiger partial charge < -0.3 is 14.7 Å². The van der Waals surface area contributed by atoms with Crippen LogP contribution >= 0.6 is 0 Å². The summed E-state index contributed by atoms with van der Waals surface area (Å²) in [6, 6.07) is 15.2. The highest BCUT2D eigenvalue weighted by Crippen LogP contribution is 2.38. The molecule has 1 aliphatic heterocycles. The number of aryl methyl sites for hydroxylation is 1. The van der Waals surface area contributed by atoms with Gasteiger partial charge in [-0.2, -0.15) is 4.98 Å². The Hall–Kier alpha value is -3.52. The number of carbonyl (C=O) groups excluding carboxylic acids is 2. The average molecular weight is 460 g/mol. The second kappa shape index (κ2) is 9.38. The van der Waals surface area contributed by atoms with Gasteiger partial charge in [-0.3, -0.25) is 14.5 Å². The Kier molecular flexibility index (Phi) is 6.15. The highest BCUT2D eigenvalue weighted by atomic mass is 16.5. The summed E-state index contributed by atoms with van der Waals surface area (Å²) in [7, 11) is 0. The molecule has 0 bridgehead atoms. The van der Waals surface area contributed by atoms with Crippen molar-refractivity contribution in [1.82, 2.24) is 19.9 Å². The van der Waals surface area contributed by atoms with Crippen LogP contribution in [0.5, 0.6) is 0 Å². The van der Waals surface area contributed by atoms with E-state index in [1.54, 1.807) is 12.1 Å². The van der Waals surface area contributed by atoms with Crippen LogP contribution in [0.15, 0.2) is 53.1 Å². The minimum Gasteiger partial charge on any atom is -0.338 e. The molecule has 2 atom stereocenters. The zero-order chi connectivity index (χ0) is 23.7. The standard InChI is InChI=1S/C26H29N5O3/c1-17-6-8-19(9-7-17)24-28-23(34-29-24)16-30-10-12-31(13-11-30)26(33)20-4-3-5-21(15-20)27-25(32)22-14-18(22)2/h3-9,15,18,22H,10-14,16H2,1-2H3,(H,27,32). The molecule has 2 amide bonds. The number of piperazine rings is 1. The summed E-state index contributed by atoms with van der Waals surface area (Å²) in [4.78, 5) is 33.9. The number of anilines is 1. The van der Waals surface area contributed by atoms with Gasteiger partial charge in [-0.15, -0.1) is 0 Å². The molecule has 5 rings (SSSR count). The van der Waals surface area contributed by atoms with Gasteiger partial charge in [0.2, 0.25) is 17.6 Å². The molecule has 2 fully saturated rings. The number of hydrogen-bond donors (Lipinski definition) is 1. The molecular formula is C26H29N5O3. The molecule has 1 N–H and O–H groups in total. The minimum absolute atomic E-state index is 0.0185. The Labute approximate surface area is 198 Å². The smallest absolute Gasteiger partial charge is 0.254 e. The molecule has 1 aliphatic carbocycles. The van der Waals surface area contributed by atoms with Gasteiger partial charge in [0.15, 0.2) is 0 Å². The van der Waals surface area contributed by atoms with Gasteiger partial charge in [-0.25, -0.2) is 0 Å². The fourth-order valence-corrected chi connectivity index (χ4v) is 4.27. The molecule has 34 heavy (non-hydrogen) atoms. The van der Waals surface area contributed by atoms with E-state index in [2.05, 4.69) is 27.3 Å². The van der Waals surface area contributed by atoms with Gasteiger partial charge in [0, 0.05) is 48.9 Å². The summed E-state index contributed by atoms with van der Waals surface area (Å²) in [5.41, 5.74) is 3.38. The Morgan fingerprint density at radius 3 is 2.53 bits per heavy atom. The number of benzene rings is 2. The quantitative estimate of drug-likeness (QED) is 0.606. The van der Waals surface area contributed by atoms with Crippen LogP contribution in [0.4, 0.5) is 5.69 Å². The van der Waals surface area contributed by atoms with Crippen molar-refractivity contribution in [2.75, 3.05) is 31.5 Å². The molecule has 8 nitrogen and oxygen atoms in total. The maximum absolute atomic E-state index is 13.0. The minimum atomic E-state index is -0.0185. The number of nitrogens with one attached hydrogen (secondary N) is 1. The lowest BCUT2D eigenvalue weighted by atomic mass is 10.1. The normalized spacial score (nSPS) is 20.2. The van der Waals surface area contributed by atoms with E-state index in [-0.39, 0.29) is 17.7 Å². The van der Waals surface area contributed by atoms with Crippen LogP contribution in [0.1, 0.15) is 35.2 Å². The SMILES string of the molecule is Cc1ccc(-c2noc(CN3CCN(C(=O)c4cccc(NC(=O)C5CC5C)c4)CC3)n2)cc1. The van der Waals surface area contributed by atoms with E-state index in [1.165, 1.54) is 5.56 Å². The van der Waals surface area contributed by atoms with Crippen LogP contribution in [0.25, 0.3) is 11.4 Å². The lowest BCUT2D eigenvalue weighted by Gasteiger charge is -2.34. The van der Waals surface area contributed by atoms with E-state index >= 15 is 0 Å². The first-order valence-corrected chi connectivity index (χ1v) is 11.8. The summed E-state index contributed by atoms with van der Waals surface area (Å²) in [6.45, 7) is 7.36. The van der Waals surface area contributed by atoms with Gasteiger partial charge in [-0.1, -0.05) is 48.0 Å². The van der Waals surface area contributed by atoms with Crippen molar-refractivity contribution in [3.63, 3.8) is 0 Å². The van der Waals surface area contributed by atoms with Crippen molar-refractivity contribution in [2.45, 2.75) is 26.8 Å². The average Bonchev–Trinajstić information content (AvgIpc) is 3.41. The van der Waals surface area contributed by atoms with E-state index in [0.29, 0.717) is 48.5 Å². The number of aromatic nitrogens is 2. The van der Waals surface area contributed by atoms with Crippen LogP contribution in [0, 0.1) is 18.8 Å². The first-order valence-electron chi connectivity index (χ1n) is 11.8. The van der Waals surface area contributed by atoms with Crippen molar-refractivity contribution in [1.29, 1.82) is 0 Å². The van der Waals surface area contributed by atoms with Gasteiger partial charge in [-0.05, 0) is 37.5 Å². The Morgan fingerprint density at radius 2 is 1.82 bits per heavy atom. The molecule has 0 radical (unpaired) electrons. The van der Waals surface area contributed by atoms with Crippen LogP contribution in [-0.4, -0.2) is 57.9 Å². The molecular weight excluding hydrogens is 430 g/mol. The van der Waals surface area contributed by atoms with Crippen LogP contribution in [0.2, 0.25) is 0 Å². The Bertz CT molecular complexity index is 1180. The summed E-state index contributed by atoms with van der Waals surface area (Å²) < 4.78 is 5.45. The van der Waals surface area contributed by atoms with E-state index < -0.39 is 0 Å². The molecule has 1 saturated carbocycles. The van der Waals surface area contributed by atoms with E-state index in [1.807, 2.05) is 48.2 Å². The van der Waals surface area contributed by atoms with Gasteiger partial charge in [0.25, 0.3) is 5.91 Å². The third kappa shape index (κ3) is 5.02. The fraction of sp³-hybridized carbons (Fsp3) is 0.385. The second-order valence-electron chi connectivity index (χ2n) is 9.34. The highest BCUT2D eigenvalue weighted by Gasteiger charge is 2.39. The largest absolute Gasteiger partial charge is 0.338 e. The number of hydrogen-bond acceptors (Lipinski definition) is 6. The summed E-state index contributed by atoms with van der Waals surface area (Å²) in [5.74, 6) is 1.73. The molecule has 2 aromatic carbocycles. The van der Waals surface area contributed by atoms with Crippen LogP contribution in [-0.2, 0) is 11.3 Å². The fourth-order valence-electron chi connectivity index (χ4n) is 4.27. The zero-order valence-corrected chi connectivity index (χ0v) is 19.5. The van der Waals surface area contributed by atoms with Crippen molar-refractivity contribution in [3.8, 4) is 11.4 Å². The predicted molar refractivity (Wildman–Crippen MR) is 128 cm³/mol. The summed E-state index contributed by atoms with van der Waals surface area (Å²) in [5, 5.41) is 7.05. The van der Waals surface area contributed by atoms with Crippen molar-refractivity contribution >= 4 is 17.5 Å². The maximum Gasteiger partial charge on any atom is 0.254 e. The molecule has 8 heteroatoms. The van der Waals surface area contributed by atoms with Gasteiger partial charge in [0.05, 0.1) is 6.54 Å². The molecule has 1 saturated heterocycles. The van der Waals surface area contributed by atoms with E-state index in [4.69, 9.17) is 4.52 Å². The first kappa shape index (κ1) is 22.3. The third-order valence-electron chi connectivity index (χ3n) is 6.62. The summed E-state index contributed by atoms with van der Waals surface area (Å²) >= 11 is 0. The van der Waals surface area contributed by atoms with E-state index in [9.17, 15) is 9.59 Å². The monoisotopic (exact) mass is 459 g/mol. The zero-order valence-electron chi connectivity index (χ0n) is 19.5. The number of rotatable bonds is 6. The first-order chi connectivity index (χ1) is 16.5. The van der Waals surface area contributed by atoms with Gasteiger partial charge in [0.1, 0.15) is 0 Å². The van der Waals surface area contributed by atoms with Crippen molar-refractivity contribution < 1.29 is 14.1 Å². The second-order valence-corrected chi connectivity index (χ2v) is 9.34. The number of carbonyl (C=O) groups is 2. The molecule has 176 valence electrons. The molecule has 2 aliphatic rings. The topological polar surface area (TPSA) is 91.6 Å². The van der Waals surface area contributed by atoms with Gasteiger partial charge >= 0.3 is 0 Å². The molecule has 0 spiro atoms. The highest BCUT2D eigenvalue weighted by molar-refractivity contribution is 5.98. The molecule has 1 aromatic heterocycles. The molecule has 3 aromatic rings. The number of nitrogens with zero attached hydrogens (tertiary/aromatic N) is 4. The predicted octanol–water partition coefficient (Wildman–Crippen LogP) is 3.60. The van der Waals surface area contributed by atoms with E-state index in [0.717, 1.165) is 25.1 Å². The Balaban J connectivity index is 1.14.